The second-order valence-corrected chi connectivity index (χ2v) is 9.28. The number of ether oxygens (including phenoxy) is 1. The Bertz CT molecular complexity index is 1590. The molecule has 1 N–H and O–H groups in total. The van der Waals surface area contributed by atoms with Crippen molar-refractivity contribution in [3.05, 3.63) is 116 Å². The van der Waals surface area contributed by atoms with Crippen molar-refractivity contribution < 1.29 is 18.3 Å². The van der Waals surface area contributed by atoms with Crippen LogP contribution in [0.3, 0.4) is 0 Å². The lowest BCUT2D eigenvalue weighted by atomic mass is 9.75. The highest BCUT2D eigenvalue weighted by Gasteiger charge is 2.30. The summed E-state index contributed by atoms with van der Waals surface area (Å²) in [5.41, 5.74) is 4.82. The fourth-order valence-electron chi connectivity index (χ4n) is 4.51. The van der Waals surface area contributed by atoms with Crippen LogP contribution >= 0.6 is 23.2 Å². The minimum Gasteiger partial charge on any atom is -0.444 e. The zero-order valence-corrected chi connectivity index (χ0v) is 20.6. The Hall–Kier alpha value is -3.99. The number of carbonyl (C=O) groups excluding carboxylic acids is 1. The molecule has 1 aliphatic rings. The van der Waals surface area contributed by atoms with E-state index in [2.05, 4.69) is 16.4 Å². The summed E-state index contributed by atoms with van der Waals surface area (Å²) in [7, 11) is 0. The van der Waals surface area contributed by atoms with E-state index in [4.69, 9.17) is 27.9 Å². The maximum Gasteiger partial charge on any atom is 0.413 e. The molecule has 0 bridgehead atoms. The zero-order chi connectivity index (χ0) is 26.1. The number of halogens is 4. The van der Waals surface area contributed by atoms with E-state index in [1.165, 1.54) is 6.07 Å². The molecule has 1 aliphatic carbocycles. The first kappa shape index (κ1) is 24.7. The monoisotopic (exact) mass is 535 g/mol. The Morgan fingerprint density at radius 3 is 2.65 bits per heavy atom. The van der Waals surface area contributed by atoms with Gasteiger partial charge < -0.3 is 4.74 Å². The molecule has 1 aromatic heterocycles. The van der Waals surface area contributed by atoms with Crippen molar-refractivity contribution in [1.29, 1.82) is 5.26 Å². The molecular formula is C28H17Cl2F2N3O2. The van der Waals surface area contributed by atoms with Crippen LogP contribution in [0.1, 0.15) is 33.7 Å². The van der Waals surface area contributed by atoms with E-state index >= 15 is 0 Å². The number of hydrogen-bond donors (Lipinski definition) is 1. The van der Waals surface area contributed by atoms with E-state index in [9.17, 15) is 18.8 Å². The summed E-state index contributed by atoms with van der Waals surface area (Å²) in [4.78, 5) is 16.8. The number of nitriles is 1. The summed E-state index contributed by atoms with van der Waals surface area (Å²) < 4.78 is 31.7. The van der Waals surface area contributed by atoms with E-state index in [0.29, 0.717) is 22.0 Å². The quantitative estimate of drug-likeness (QED) is 0.291. The predicted molar refractivity (Wildman–Crippen MR) is 137 cm³/mol. The molecule has 0 spiro atoms. The van der Waals surface area contributed by atoms with Gasteiger partial charge in [0, 0.05) is 17.7 Å². The topological polar surface area (TPSA) is 75.0 Å². The van der Waals surface area contributed by atoms with Crippen LogP contribution in [-0.2, 0) is 17.8 Å². The lowest BCUT2D eigenvalue weighted by molar-refractivity contribution is 0.155. The number of pyridine rings is 1. The molecule has 0 fully saturated rings. The lowest BCUT2D eigenvalue weighted by Crippen LogP contribution is -2.18. The first-order valence-electron chi connectivity index (χ1n) is 11.2. The standard InChI is InChI=1S/C28H17Cl2F2N3O2/c29-22-7-6-16(11-23(22)30)20-10-17-13-34-27(21(12-33)26(17)19-4-2-1-3-18(19)20)35-28(36)37-14-15-5-8-24(31)25(32)9-15/h1-9,11,13,20H,10,14H2,(H,34,35,36). The SMILES string of the molecule is N#Cc1c(NC(=O)OCc2ccc(F)c(F)c2)ncc2c1-c1ccccc1C(c1ccc(Cl)c(Cl)c1)C2. The van der Waals surface area contributed by atoms with Crippen molar-refractivity contribution in [3.8, 4) is 17.2 Å². The molecule has 5 nitrogen and oxygen atoms in total. The van der Waals surface area contributed by atoms with Gasteiger partial charge in [0.25, 0.3) is 0 Å². The number of nitrogens with zero attached hydrogens (tertiary/aromatic N) is 2. The first-order valence-corrected chi connectivity index (χ1v) is 11.9. The summed E-state index contributed by atoms with van der Waals surface area (Å²) >= 11 is 12.4. The van der Waals surface area contributed by atoms with Crippen LogP contribution in [0.4, 0.5) is 19.4 Å². The summed E-state index contributed by atoms with van der Waals surface area (Å²) in [6.45, 7) is -0.288. The van der Waals surface area contributed by atoms with Gasteiger partial charge in [0.1, 0.15) is 18.2 Å². The van der Waals surface area contributed by atoms with Crippen molar-refractivity contribution in [2.24, 2.45) is 0 Å². The van der Waals surface area contributed by atoms with Gasteiger partial charge in [0.2, 0.25) is 0 Å². The van der Waals surface area contributed by atoms with Crippen molar-refractivity contribution in [2.45, 2.75) is 18.9 Å². The Labute approximate surface area is 221 Å². The molecule has 4 aromatic rings. The zero-order valence-electron chi connectivity index (χ0n) is 19.1. The smallest absolute Gasteiger partial charge is 0.413 e. The maximum absolute atomic E-state index is 13.4. The van der Waals surface area contributed by atoms with Gasteiger partial charge in [0.15, 0.2) is 17.5 Å². The van der Waals surface area contributed by atoms with Gasteiger partial charge in [-0.3, -0.25) is 5.32 Å². The molecule has 5 rings (SSSR count). The van der Waals surface area contributed by atoms with Gasteiger partial charge >= 0.3 is 6.09 Å². The molecule has 1 unspecified atom stereocenters. The van der Waals surface area contributed by atoms with Crippen molar-refractivity contribution >= 4 is 35.1 Å². The second-order valence-electron chi connectivity index (χ2n) is 8.46. The van der Waals surface area contributed by atoms with E-state index in [1.807, 2.05) is 36.4 Å². The third kappa shape index (κ3) is 4.86. The van der Waals surface area contributed by atoms with Crippen LogP contribution in [0.2, 0.25) is 10.0 Å². The van der Waals surface area contributed by atoms with E-state index in [-0.39, 0.29) is 29.5 Å². The number of carbonyl (C=O) groups is 1. The third-order valence-electron chi connectivity index (χ3n) is 6.22. The summed E-state index contributed by atoms with van der Waals surface area (Å²) in [5.74, 6) is -2.03. The molecule has 0 radical (unpaired) electrons. The summed E-state index contributed by atoms with van der Waals surface area (Å²) in [6.07, 6.45) is 1.31. The Morgan fingerprint density at radius 2 is 1.89 bits per heavy atom. The molecule has 3 aromatic carbocycles. The van der Waals surface area contributed by atoms with Crippen LogP contribution in [0.15, 0.2) is 66.9 Å². The van der Waals surface area contributed by atoms with E-state index in [1.54, 1.807) is 12.3 Å². The molecule has 1 heterocycles. The number of fused-ring (bicyclic) bond motifs is 3. The first-order chi connectivity index (χ1) is 17.9. The van der Waals surface area contributed by atoms with Gasteiger partial charge in [0.05, 0.1) is 10.0 Å². The fourth-order valence-corrected chi connectivity index (χ4v) is 4.82. The molecule has 0 saturated heterocycles. The minimum atomic E-state index is -1.04. The Morgan fingerprint density at radius 1 is 1.08 bits per heavy atom. The lowest BCUT2D eigenvalue weighted by Gasteiger charge is -2.29. The van der Waals surface area contributed by atoms with E-state index < -0.39 is 17.7 Å². The largest absolute Gasteiger partial charge is 0.444 e. The van der Waals surface area contributed by atoms with Crippen molar-refractivity contribution in [1.82, 2.24) is 4.98 Å². The van der Waals surface area contributed by atoms with Crippen LogP contribution in [0.25, 0.3) is 11.1 Å². The number of aromatic nitrogens is 1. The molecule has 1 amide bonds. The second kappa shape index (κ2) is 10.2. The molecule has 0 aliphatic heterocycles. The van der Waals surface area contributed by atoms with Gasteiger partial charge in [-0.15, -0.1) is 0 Å². The molecule has 184 valence electrons. The van der Waals surface area contributed by atoms with Crippen LogP contribution in [0, 0.1) is 23.0 Å². The molecule has 37 heavy (non-hydrogen) atoms. The molecule has 1 atom stereocenters. The van der Waals surface area contributed by atoms with Gasteiger partial charge in [-0.2, -0.15) is 5.26 Å². The maximum atomic E-state index is 13.4. The number of anilines is 1. The van der Waals surface area contributed by atoms with Gasteiger partial charge in [-0.25, -0.2) is 18.6 Å². The molecule has 9 heteroatoms. The van der Waals surface area contributed by atoms with Crippen LogP contribution in [0.5, 0.6) is 0 Å². The Kier molecular flexibility index (Phi) is 6.79. The molecule has 0 saturated carbocycles. The summed E-state index contributed by atoms with van der Waals surface area (Å²) in [6, 6.07) is 18.6. The van der Waals surface area contributed by atoms with Gasteiger partial charge in [-0.05, 0) is 58.5 Å². The normalized spacial score (nSPS) is 13.8. The number of hydrogen-bond acceptors (Lipinski definition) is 4. The Balaban J connectivity index is 1.44. The fraction of sp³-hybridized carbons (Fsp3) is 0.107. The highest BCUT2D eigenvalue weighted by molar-refractivity contribution is 6.42. The van der Waals surface area contributed by atoms with Crippen molar-refractivity contribution in [2.75, 3.05) is 5.32 Å². The van der Waals surface area contributed by atoms with Crippen LogP contribution in [-0.4, -0.2) is 11.1 Å². The number of rotatable bonds is 4. The highest BCUT2D eigenvalue weighted by Crippen LogP contribution is 2.45. The molecular weight excluding hydrogens is 519 g/mol. The van der Waals surface area contributed by atoms with Gasteiger partial charge in [-0.1, -0.05) is 59.6 Å². The predicted octanol–water partition coefficient (Wildman–Crippen LogP) is 7.64. The highest BCUT2D eigenvalue weighted by atomic mass is 35.5. The van der Waals surface area contributed by atoms with E-state index in [0.717, 1.165) is 34.4 Å². The third-order valence-corrected chi connectivity index (χ3v) is 6.96. The van der Waals surface area contributed by atoms with Crippen LogP contribution < -0.4 is 5.32 Å². The number of benzene rings is 3. The van der Waals surface area contributed by atoms with Crippen molar-refractivity contribution in [3.63, 3.8) is 0 Å². The summed E-state index contributed by atoms with van der Waals surface area (Å²) in [5, 5.41) is 13.5. The number of amides is 1. The number of nitrogens with one attached hydrogen (secondary N) is 1. The minimum absolute atomic E-state index is 0.0355. The average Bonchev–Trinajstić information content (AvgIpc) is 2.90. The average molecular weight is 536 g/mol.